The largest absolute Gasteiger partial charge is 0.453 e. The van der Waals surface area contributed by atoms with Gasteiger partial charge < -0.3 is 9.73 Å². The molecule has 0 aliphatic rings. The number of aryl methyl sites for hydroxylation is 1. The fourth-order valence-corrected chi connectivity index (χ4v) is 3.97. The summed E-state index contributed by atoms with van der Waals surface area (Å²) in [5.74, 6) is -0.230. The van der Waals surface area contributed by atoms with E-state index in [0.29, 0.717) is 28.1 Å². The average Bonchev–Trinajstić information content (AvgIpc) is 3.04. The van der Waals surface area contributed by atoms with Crippen molar-refractivity contribution in [3.63, 3.8) is 0 Å². The maximum atomic E-state index is 13.5. The van der Waals surface area contributed by atoms with Crippen LogP contribution in [0.5, 0.6) is 0 Å². The van der Waals surface area contributed by atoms with Gasteiger partial charge in [0.2, 0.25) is 5.78 Å². The van der Waals surface area contributed by atoms with Crippen molar-refractivity contribution >= 4 is 28.4 Å². The van der Waals surface area contributed by atoms with Crippen molar-refractivity contribution in [2.24, 2.45) is 0 Å². The summed E-state index contributed by atoms with van der Waals surface area (Å²) in [6.45, 7) is 8.44. The first-order valence-electron chi connectivity index (χ1n) is 9.87. The number of rotatable bonds is 9. The van der Waals surface area contributed by atoms with Gasteiger partial charge in [0.25, 0.3) is 0 Å². The molecule has 1 heterocycles. The third-order valence-corrected chi connectivity index (χ3v) is 5.64. The molecule has 0 fully saturated rings. The third kappa shape index (κ3) is 4.69. The second kappa shape index (κ2) is 9.53. The van der Waals surface area contributed by atoms with Crippen LogP contribution in [-0.4, -0.2) is 36.9 Å². The van der Waals surface area contributed by atoms with Gasteiger partial charge in [-0.3, -0.25) is 9.69 Å². The number of likely N-dealkylation sites (N-methyl/N-ethyl adjacent to an activating group) is 1. The number of carbonyl (C=O) groups is 1. The Labute approximate surface area is 175 Å². The molecule has 1 atom stereocenters. The van der Waals surface area contributed by atoms with Gasteiger partial charge in [-0.2, -0.15) is 0 Å². The van der Waals surface area contributed by atoms with Gasteiger partial charge in [0.1, 0.15) is 11.4 Å². The van der Waals surface area contributed by atoms with E-state index in [1.165, 1.54) is 12.1 Å². The van der Waals surface area contributed by atoms with E-state index in [1.54, 1.807) is 13.0 Å². The van der Waals surface area contributed by atoms with E-state index < -0.39 is 0 Å². The summed E-state index contributed by atoms with van der Waals surface area (Å²) in [5, 5.41) is 4.60. The molecule has 3 rings (SSSR count). The Balaban J connectivity index is 1.73. The normalized spacial score (nSPS) is 12.6. The number of ketones is 1. The summed E-state index contributed by atoms with van der Waals surface area (Å²) in [6, 6.07) is 12.1. The van der Waals surface area contributed by atoms with Crippen LogP contribution in [0.25, 0.3) is 11.0 Å². The predicted molar refractivity (Wildman–Crippen MR) is 115 cm³/mol. The number of carbonyl (C=O) groups excluding carboxylic acids is 1. The highest BCUT2D eigenvalue weighted by atomic mass is 35.5. The number of fused-ring (bicyclic) bond motifs is 1. The molecule has 0 saturated heterocycles. The molecule has 2 aromatic carbocycles. The Morgan fingerprint density at radius 3 is 2.62 bits per heavy atom. The molecule has 0 aliphatic carbocycles. The number of benzene rings is 2. The Kier molecular flexibility index (Phi) is 7.06. The van der Waals surface area contributed by atoms with Crippen molar-refractivity contribution in [3.8, 4) is 0 Å². The number of nitrogens with one attached hydrogen (secondary N) is 1. The lowest BCUT2D eigenvalue weighted by Gasteiger charge is -2.31. The molecule has 0 saturated carbocycles. The summed E-state index contributed by atoms with van der Waals surface area (Å²) in [5.41, 5.74) is 2.22. The topological polar surface area (TPSA) is 45.5 Å². The summed E-state index contributed by atoms with van der Waals surface area (Å²) in [4.78, 5) is 15.0. The van der Waals surface area contributed by atoms with Crippen LogP contribution in [-0.2, 0) is 0 Å². The quantitative estimate of drug-likeness (QED) is 0.475. The summed E-state index contributed by atoms with van der Waals surface area (Å²) in [6.07, 6.45) is 0. The van der Waals surface area contributed by atoms with E-state index in [4.69, 9.17) is 16.0 Å². The molecule has 0 spiro atoms. The summed E-state index contributed by atoms with van der Waals surface area (Å²) >= 11 is 6.43. The molecule has 1 unspecified atom stereocenters. The highest BCUT2D eigenvalue weighted by molar-refractivity contribution is 6.31. The zero-order valence-electron chi connectivity index (χ0n) is 17.0. The number of furan rings is 1. The first-order chi connectivity index (χ1) is 14.0. The molecule has 0 amide bonds. The molecule has 6 heteroatoms. The van der Waals surface area contributed by atoms with Crippen molar-refractivity contribution in [2.75, 3.05) is 26.2 Å². The van der Waals surface area contributed by atoms with E-state index >= 15 is 0 Å². The van der Waals surface area contributed by atoms with Gasteiger partial charge in [-0.05, 0) is 49.8 Å². The SMILES string of the molecule is CCN(CC)C(CNCC(=O)c1oc2ccc(F)cc2c1C)c1ccccc1Cl. The number of hydrogen-bond donors (Lipinski definition) is 1. The average molecular weight is 417 g/mol. The lowest BCUT2D eigenvalue weighted by atomic mass is 10.0. The van der Waals surface area contributed by atoms with Crippen molar-refractivity contribution in [1.82, 2.24) is 10.2 Å². The molecule has 154 valence electrons. The molecule has 3 aromatic rings. The standard InChI is InChI=1S/C23H26ClFN2O2/c1-4-27(5-2)20(17-8-6-7-9-19(17)24)13-26-14-21(28)23-15(3)18-12-16(25)10-11-22(18)29-23/h6-12,20,26H,4-5,13-14H2,1-3H3. The Hall–Kier alpha value is -2.21. The molecule has 29 heavy (non-hydrogen) atoms. The van der Waals surface area contributed by atoms with Crippen LogP contribution in [0.1, 0.15) is 41.6 Å². The highest BCUT2D eigenvalue weighted by Gasteiger charge is 2.22. The van der Waals surface area contributed by atoms with Crippen LogP contribution in [0.2, 0.25) is 5.02 Å². The minimum atomic E-state index is -0.347. The summed E-state index contributed by atoms with van der Waals surface area (Å²) < 4.78 is 19.2. The van der Waals surface area contributed by atoms with Gasteiger partial charge in [0, 0.05) is 28.6 Å². The Morgan fingerprint density at radius 1 is 1.21 bits per heavy atom. The van der Waals surface area contributed by atoms with Gasteiger partial charge in [-0.25, -0.2) is 4.39 Å². The van der Waals surface area contributed by atoms with Crippen molar-refractivity contribution in [2.45, 2.75) is 26.8 Å². The van der Waals surface area contributed by atoms with Crippen LogP contribution in [0, 0.1) is 12.7 Å². The van der Waals surface area contributed by atoms with E-state index in [0.717, 1.165) is 18.7 Å². The molecule has 0 bridgehead atoms. The highest BCUT2D eigenvalue weighted by Crippen LogP contribution is 2.28. The van der Waals surface area contributed by atoms with Crippen molar-refractivity contribution in [3.05, 3.63) is 70.2 Å². The minimum Gasteiger partial charge on any atom is -0.453 e. The maximum Gasteiger partial charge on any atom is 0.212 e. The van der Waals surface area contributed by atoms with E-state index in [9.17, 15) is 9.18 Å². The number of Topliss-reactive ketones (excluding diaryl/α,β-unsaturated/α-hetero) is 1. The number of hydrogen-bond acceptors (Lipinski definition) is 4. The van der Waals surface area contributed by atoms with E-state index in [2.05, 4.69) is 24.1 Å². The zero-order chi connectivity index (χ0) is 21.0. The smallest absolute Gasteiger partial charge is 0.212 e. The van der Waals surface area contributed by atoms with Gasteiger partial charge in [-0.15, -0.1) is 0 Å². The van der Waals surface area contributed by atoms with Crippen LogP contribution in [0.15, 0.2) is 46.9 Å². The monoisotopic (exact) mass is 416 g/mol. The maximum absolute atomic E-state index is 13.5. The summed E-state index contributed by atoms with van der Waals surface area (Å²) in [7, 11) is 0. The van der Waals surface area contributed by atoms with Crippen LogP contribution < -0.4 is 5.32 Å². The second-order valence-electron chi connectivity index (χ2n) is 7.01. The molecular weight excluding hydrogens is 391 g/mol. The lowest BCUT2D eigenvalue weighted by molar-refractivity contribution is 0.0961. The Bertz CT molecular complexity index is 998. The fourth-order valence-electron chi connectivity index (χ4n) is 3.71. The van der Waals surface area contributed by atoms with Crippen molar-refractivity contribution < 1.29 is 13.6 Å². The van der Waals surface area contributed by atoms with Gasteiger partial charge in [0.15, 0.2) is 5.76 Å². The fraction of sp³-hybridized carbons (Fsp3) is 0.348. The molecule has 1 aromatic heterocycles. The lowest BCUT2D eigenvalue weighted by Crippen LogP contribution is -2.37. The molecule has 4 nitrogen and oxygen atoms in total. The minimum absolute atomic E-state index is 0.0531. The van der Waals surface area contributed by atoms with Crippen LogP contribution in [0.4, 0.5) is 4.39 Å². The number of halogens is 2. The van der Waals surface area contributed by atoms with Crippen molar-refractivity contribution in [1.29, 1.82) is 0 Å². The molecular formula is C23H26ClFN2O2. The zero-order valence-corrected chi connectivity index (χ0v) is 17.7. The first kappa shape index (κ1) is 21.5. The molecule has 1 N–H and O–H groups in total. The van der Waals surface area contributed by atoms with Gasteiger partial charge in [0.05, 0.1) is 6.54 Å². The molecule has 0 radical (unpaired) electrons. The second-order valence-corrected chi connectivity index (χ2v) is 7.42. The molecule has 0 aliphatic heterocycles. The van der Waals surface area contributed by atoms with E-state index in [-0.39, 0.29) is 29.9 Å². The van der Waals surface area contributed by atoms with E-state index in [1.807, 2.05) is 24.3 Å². The third-order valence-electron chi connectivity index (χ3n) is 5.29. The van der Waals surface area contributed by atoms with Crippen LogP contribution >= 0.6 is 11.6 Å². The predicted octanol–water partition coefficient (Wildman–Crippen LogP) is 5.39. The first-order valence-corrected chi connectivity index (χ1v) is 10.2. The van der Waals surface area contributed by atoms with Crippen LogP contribution in [0.3, 0.4) is 0 Å². The van der Waals surface area contributed by atoms with Gasteiger partial charge in [-0.1, -0.05) is 43.6 Å². The Morgan fingerprint density at radius 2 is 1.93 bits per heavy atom. The number of nitrogens with zero attached hydrogens (tertiary/aromatic N) is 1. The van der Waals surface area contributed by atoms with Gasteiger partial charge >= 0.3 is 0 Å².